The van der Waals surface area contributed by atoms with Crippen LogP contribution in [0.1, 0.15) is 27.7 Å². The number of amides is 2. The third kappa shape index (κ3) is 7.65. The fourth-order valence-electron chi connectivity index (χ4n) is 2.11. The number of hydrogen-bond acceptors (Lipinski definition) is 3. The van der Waals surface area contributed by atoms with Crippen molar-refractivity contribution in [1.29, 1.82) is 0 Å². The summed E-state index contributed by atoms with van der Waals surface area (Å²) in [5.74, 6) is 0.574. The lowest BCUT2D eigenvalue weighted by molar-refractivity contribution is -0.881. The largest absolute Gasteiger partial charge is 0.497 e. The van der Waals surface area contributed by atoms with Crippen molar-refractivity contribution in [1.82, 2.24) is 5.32 Å². The molecular weight excluding hydrogens is 294 g/mol. The summed E-state index contributed by atoms with van der Waals surface area (Å²) in [6, 6.07) is 7.15. The molecule has 2 amide bonds. The third-order valence-corrected chi connectivity index (χ3v) is 3.21. The molecule has 0 saturated heterocycles. The van der Waals surface area contributed by atoms with E-state index in [9.17, 15) is 9.59 Å². The summed E-state index contributed by atoms with van der Waals surface area (Å²) in [5.41, 5.74) is 0.451. The molecule has 0 radical (unpaired) electrons. The lowest BCUT2D eigenvalue weighted by Gasteiger charge is -2.23. The first kappa shape index (κ1) is 19.0. The van der Waals surface area contributed by atoms with Crippen LogP contribution in [0.25, 0.3) is 0 Å². The van der Waals surface area contributed by atoms with Crippen molar-refractivity contribution in [2.45, 2.75) is 33.2 Å². The normalized spacial score (nSPS) is 12.4. The van der Waals surface area contributed by atoms with Gasteiger partial charge in [-0.3, -0.25) is 9.59 Å². The van der Waals surface area contributed by atoms with Crippen LogP contribution in [0.15, 0.2) is 24.3 Å². The summed E-state index contributed by atoms with van der Waals surface area (Å²) in [5, 5.41) is 5.75. The van der Waals surface area contributed by atoms with Gasteiger partial charge in [0.1, 0.15) is 5.75 Å². The Hall–Kier alpha value is -2.08. The Morgan fingerprint density at radius 1 is 1.09 bits per heavy atom. The summed E-state index contributed by atoms with van der Waals surface area (Å²) >= 11 is 0. The first-order valence-corrected chi connectivity index (χ1v) is 7.82. The summed E-state index contributed by atoms with van der Waals surface area (Å²) in [7, 11) is 1.60. The zero-order valence-electron chi connectivity index (χ0n) is 14.7. The van der Waals surface area contributed by atoms with Crippen molar-refractivity contribution < 1.29 is 19.2 Å². The average molecular weight is 322 g/mol. The number of hydrogen-bond donors (Lipinski definition) is 3. The van der Waals surface area contributed by atoms with Crippen molar-refractivity contribution in [2.75, 3.05) is 32.1 Å². The molecule has 0 spiro atoms. The molecule has 1 aromatic rings. The second-order valence-electron chi connectivity index (χ2n) is 6.53. The van der Waals surface area contributed by atoms with Gasteiger partial charge in [-0.15, -0.1) is 0 Å². The van der Waals surface area contributed by atoms with Crippen molar-refractivity contribution in [3.05, 3.63) is 24.3 Å². The molecule has 1 rings (SSSR count). The minimum absolute atomic E-state index is 0.0494. The minimum atomic E-state index is -0.263. The van der Waals surface area contributed by atoms with E-state index in [-0.39, 0.29) is 30.4 Å². The zero-order valence-corrected chi connectivity index (χ0v) is 14.7. The molecule has 0 bridgehead atoms. The first-order chi connectivity index (χ1) is 10.7. The van der Waals surface area contributed by atoms with E-state index in [4.69, 9.17) is 4.74 Å². The quantitative estimate of drug-likeness (QED) is 0.683. The van der Waals surface area contributed by atoms with E-state index in [2.05, 4.69) is 10.6 Å². The monoisotopic (exact) mass is 322 g/mol. The van der Waals surface area contributed by atoms with Gasteiger partial charge in [0.2, 0.25) is 0 Å². The maximum Gasteiger partial charge on any atom is 0.279 e. The highest BCUT2D eigenvalue weighted by molar-refractivity contribution is 5.91. The van der Waals surface area contributed by atoms with E-state index >= 15 is 0 Å². The van der Waals surface area contributed by atoms with Gasteiger partial charge in [0, 0.05) is 11.2 Å². The number of methoxy groups -OCH3 is 1. The van der Waals surface area contributed by atoms with Crippen LogP contribution >= 0.6 is 0 Å². The predicted octanol–water partition coefficient (Wildman–Crippen LogP) is 0.453. The highest BCUT2D eigenvalue weighted by Crippen LogP contribution is 2.14. The molecule has 0 aliphatic rings. The number of nitrogens with one attached hydrogen (secondary N) is 3. The molecule has 0 aliphatic heterocycles. The molecule has 128 valence electrons. The van der Waals surface area contributed by atoms with Crippen molar-refractivity contribution >= 4 is 17.5 Å². The lowest BCUT2D eigenvalue weighted by atomic mass is 10.1. The van der Waals surface area contributed by atoms with E-state index in [0.29, 0.717) is 12.2 Å². The molecule has 23 heavy (non-hydrogen) atoms. The molecule has 6 heteroatoms. The van der Waals surface area contributed by atoms with E-state index in [0.717, 1.165) is 10.6 Å². The minimum Gasteiger partial charge on any atom is -0.497 e. The fourth-order valence-corrected chi connectivity index (χ4v) is 2.11. The highest BCUT2D eigenvalue weighted by atomic mass is 16.5. The third-order valence-electron chi connectivity index (χ3n) is 3.21. The van der Waals surface area contributed by atoms with Crippen molar-refractivity contribution in [2.24, 2.45) is 0 Å². The number of carbonyl (C=O) groups is 2. The number of carbonyl (C=O) groups excluding carboxylic acids is 2. The van der Waals surface area contributed by atoms with Gasteiger partial charge in [-0.05, 0) is 52.0 Å². The van der Waals surface area contributed by atoms with Gasteiger partial charge < -0.3 is 20.3 Å². The van der Waals surface area contributed by atoms with Crippen molar-refractivity contribution in [3.63, 3.8) is 0 Å². The SMILES string of the molecule is CC[NH+](CC(=O)Nc1ccc(OC)cc1)CC(=O)NC(C)(C)C. The Morgan fingerprint density at radius 3 is 2.13 bits per heavy atom. The van der Waals surface area contributed by atoms with Gasteiger partial charge >= 0.3 is 0 Å². The Kier molecular flexibility index (Phi) is 7.03. The summed E-state index contributed by atoms with van der Waals surface area (Å²) in [6.45, 7) is 9.00. The fraction of sp³-hybridized carbons (Fsp3) is 0.529. The molecular formula is C17H28N3O3+. The molecule has 0 heterocycles. The number of likely N-dealkylation sites (N-methyl/N-ethyl adjacent to an activating group) is 1. The molecule has 0 aliphatic carbocycles. The van der Waals surface area contributed by atoms with Crippen molar-refractivity contribution in [3.8, 4) is 5.75 Å². The number of quaternary nitrogens is 1. The highest BCUT2D eigenvalue weighted by Gasteiger charge is 2.20. The molecule has 0 aromatic heterocycles. The van der Waals surface area contributed by atoms with E-state index in [1.807, 2.05) is 27.7 Å². The molecule has 1 atom stereocenters. The topological polar surface area (TPSA) is 71.9 Å². The second kappa shape index (κ2) is 8.53. The van der Waals surface area contributed by atoms with E-state index in [1.165, 1.54) is 0 Å². The van der Waals surface area contributed by atoms with Crippen LogP contribution in [-0.2, 0) is 9.59 Å². The molecule has 0 fully saturated rings. The van der Waals surface area contributed by atoms with Crippen LogP contribution in [0.2, 0.25) is 0 Å². The van der Waals surface area contributed by atoms with Crippen LogP contribution in [0, 0.1) is 0 Å². The summed E-state index contributed by atoms with van der Waals surface area (Å²) in [4.78, 5) is 25.0. The van der Waals surface area contributed by atoms with E-state index < -0.39 is 0 Å². The summed E-state index contributed by atoms with van der Waals surface area (Å²) in [6.07, 6.45) is 0. The Morgan fingerprint density at radius 2 is 1.65 bits per heavy atom. The van der Waals surface area contributed by atoms with Gasteiger partial charge in [-0.25, -0.2) is 0 Å². The lowest BCUT2D eigenvalue weighted by Crippen LogP contribution is -3.14. The molecule has 0 saturated carbocycles. The van der Waals surface area contributed by atoms with Gasteiger partial charge in [0.15, 0.2) is 13.1 Å². The van der Waals surface area contributed by atoms with Gasteiger partial charge in [-0.2, -0.15) is 0 Å². The first-order valence-electron chi connectivity index (χ1n) is 7.82. The van der Waals surface area contributed by atoms with Crippen LogP contribution in [-0.4, -0.2) is 44.1 Å². The van der Waals surface area contributed by atoms with Gasteiger partial charge in [0.05, 0.1) is 13.7 Å². The maximum atomic E-state index is 12.1. The smallest absolute Gasteiger partial charge is 0.279 e. The van der Waals surface area contributed by atoms with Crippen LogP contribution in [0.4, 0.5) is 5.69 Å². The Balaban J connectivity index is 2.50. The molecule has 6 nitrogen and oxygen atoms in total. The van der Waals surface area contributed by atoms with Crippen LogP contribution in [0.3, 0.4) is 0 Å². The zero-order chi connectivity index (χ0) is 17.5. The molecule has 1 aromatic carbocycles. The standard InChI is InChI=1S/C17H27N3O3/c1-6-20(12-16(22)19-17(2,3)4)11-15(21)18-13-7-9-14(23-5)10-8-13/h7-10H,6,11-12H2,1-5H3,(H,18,21)(H,19,22)/p+1. The van der Waals surface area contributed by atoms with Crippen LogP contribution in [0.5, 0.6) is 5.75 Å². The number of ether oxygens (including phenoxy) is 1. The molecule has 1 unspecified atom stereocenters. The van der Waals surface area contributed by atoms with Gasteiger partial charge in [0.25, 0.3) is 11.8 Å². The number of benzene rings is 1. The second-order valence-corrected chi connectivity index (χ2v) is 6.53. The number of anilines is 1. The number of rotatable bonds is 7. The Labute approximate surface area is 138 Å². The predicted molar refractivity (Wildman–Crippen MR) is 90.8 cm³/mol. The van der Waals surface area contributed by atoms with Gasteiger partial charge in [-0.1, -0.05) is 0 Å². The maximum absolute atomic E-state index is 12.1. The average Bonchev–Trinajstić information content (AvgIpc) is 2.45. The summed E-state index contributed by atoms with van der Waals surface area (Å²) < 4.78 is 5.08. The Bertz CT molecular complexity index is 521. The van der Waals surface area contributed by atoms with E-state index in [1.54, 1.807) is 31.4 Å². The molecule has 3 N–H and O–H groups in total. The van der Waals surface area contributed by atoms with Crippen LogP contribution < -0.4 is 20.3 Å².